The number of hydrogen-bond acceptors (Lipinski definition) is 2. The third kappa shape index (κ3) is 5.64. The van der Waals surface area contributed by atoms with E-state index in [1.165, 1.54) is 0 Å². The number of carbonyl (C=O) groups is 1. The number of esters is 1. The van der Waals surface area contributed by atoms with Crippen LogP contribution in [0.4, 0.5) is 0 Å². The number of rotatable bonds is 4. The van der Waals surface area contributed by atoms with E-state index in [1.807, 2.05) is 6.92 Å². The Morgan fingerprint density at radius 2 is 2.18 bits per heavy atom. The number of carbonyl (C=O) groups excluding carboxylic acids is 1. The molecule has 0 aliphatic carbocycles. The summed E-state index contributed by atoms with van der Waals surface area (Å²) in [6, 6.07) is 0. The van der Waals surface area contributed by atoms with Gasteiger partial charge in [0.1, 0.15) is 0 Å². The number of ether oxygens (including phenoxy) is 1. The van der Waals surface area contributed by atoms with Gasteiger partial charge in [0, 0.05) is 5.57 Å². The first kappa shape index (κ1) is 10.2. The van der Waals surface area contributed by atoms with Gasteiger partial charge < -0.3 is 4.74 Å². The van der Waals surface area contributed by atoms with Crippen molar-refractivity contribution in [3.63, 3.8) is 0 Å². The van der Waals surface area contributed by atoms with Crippen LogP contribution < -0.4 is 0 Å². The van der Waals surface area contributed by atoms with Gasteiger partial charge in [-0.25, -0.2) is 4.79 Å². The molecule has 0 aliphatic heterocycles. The van der Waals surface area contributed by atoms with E-state index in [1.54, 1.807) is 6.92 Å². The summed E-state index contributed by atoms with van der Waals surface area (Å²) in [5.74, 6) is 0.0126. The molecule has 63 valence electrons. The van der Waals surface area contributed by atoms with Crippen molar-refractivity contribution in [2.75, 3.05) is 6.61 Å². The van der Waals surface area contributed by atoms with Crippen LogP contribution in [0.5, 0.6) is 0 Å². The molecular formula is C9H15O2. The van der Waals surface area contributed by atoms with Crippen molar-refractivity contribution in [3.05, 3.63) is 19.1 Å². The van der Waals surface area contributed by atoms with Gasteiger partial charge in [-0.15, -0.1) is 0 Å². The maximum Gasteiger partial charge on any atom is 0.333 e. The lowest BCUT2D eigenvalue weighted by Crippen LogP contribution is -2.07. The van der Waals surface area contributed by atoms with Crippen molar-refractivity contribution in [2.45, 2.75) is 20.3 Å². The fourth-order valence-corrected chi connectivity index (χ4v) is 0.476. The van der Waals surface area contributed by atoms with Crippen LogP contribution in [0.2, 0.25) is 0 Å². The van der Waals surface area contributed by atoms with Crippen molar-refractivity contribution in [1.29, 1.82) is 0 Å². The Hall–Kier alpha value is -0.790. The third-order valence-electron chi connectivity index (χ3n) is 1.19. The zero-order chi connectivity index (χ0) is 8.85. The number of hydrogen-bond donors (Lipinski definition) is 0. The maximum atomic E-state index is 10.8. The normalized spacial score (nSPS) is 9.82. The molecule has 0 saturated carbocycles. The van der Waals surface area contributed by atoms with Gasteiger partial charge in [-0.2, -0.15) is 0 Å². The summed E-state index contributed by atoms with van der Waals surface area (Å²) in [5, 5.41) is 0. The van der Waals surface area contributed by atoms with Crippen LogP contribution in [0.15, 0.2) is 12.2 Å². The summed E-state index contributed by atoms with van der Waals surface area (Å²) < 4.78 is 4.84. The molecule has 0 aromatic carbocycles. The Bertz CT molecular complexity index is 148. The second-order valence-electron chi connectivity index (χ2n) is 2.81. The summed E-state index contributed by atoms with van der Waals surface area (Å²) >= 11 is 0. The monoisotopic (exact) mass is 155 g/mol. The van der Waals surface area contributed by atoms with E-state index < -0.39 is 0 Å². The highest BCUT2D eigenvalue weighted by Crippen LogP contribution is 2.00. The summed E-state index contributed by atoms with van der Waals surface area (Å²) in [6.45, 7) is 11.3. The Morgan fingerprint density at radius 3 is 2.55 bits per heavy atom. The Kier molecular flexibility index (Phi) is 4.59. The average Bonchev–Trinajstić information content (AvgIpc) is 1.86. The summed E-state index contributed by atoms with van der Waals surface area (Å²) in [5.41, 5.74) is 0.446. The van der Waals surface area contributed by atoms with Crippen LogP contribution in [0.25, 0.3) is 0 Å². The van der Waals surface area contributed by atoms with Crippen LogP contribution in [0.3, 0.4) is 0 Å². The molecule has 0 spiro atoms. The van der Waals surface area contributed by atoms with Gasteiger partial charge in [0.2, 0.25) is 0 Å². The van der Waals surface area contributed by atoms with E-state index in [4.69, 9.17) is 4.74 Å². The fraction of sp³-hybridized carbons (Fsp3) is 0.556. The molecule has 0 heterocycles. The quantitative estimate of drug-likeness (QED) is 0.458. The van der Waals surface area contributed by atoms with Crippen molar-refractivity contribution in [3.8, 4) is 0 Å². The largest absolute Gasteiger partial charge is 0.462 e. The minimum absolute atomic E-state index is 0.314. The fourth-order valence-electron chi connectivity index (χ4n) is 0.476. The van der Waals surface area contributed by atoms with E-state index in [0.29, 0.717) is 18.1 Å². The molecule has 1 radical (unpaired) electrons. The van der Waals surface area contributed by atoms with Gasteiger partial charge >= 0.3 is 5.97 Å². The zero-order valence-corrected chi connectivity index (χ0v) is 7.22. The molecule has 0 amide bonds. The topological polar surface area (TPSA) is 26.3 Å². The van der Waals surface area contributed by atoms with Gasteiger partial charge in [0.05, 0.1) is 6.61 Å². The average molecular weight is 155 g/mol. The third-order valence-corrected chi connectivity index (χ3v) is 1.19. The molecule has 1 unspecified atom stereocenters. The smallest absolute Gasteiger partial charge is 0.333 e. The lowest BCUT2D eigenvalue weighted by molar-refractivity contribution is -0.139. The highest BCUT2D eigenvalue weighted by atomic mass is 16.5. The molecule has 0 aliphatic rings. The molecule has 2 heteroatoms. The first-order chi connectivity index (χ1) is 5.04. The molecule has 0 bridgehead atoms. The first-order valence-electron chi connectivity index (χ1n) is 3.69. The van der Waals surface area contributed by atoms with Crippen LogP contribution >= 0.6 is 0 Å². The Morgan fingerprint density at radius 1 is 1.64 bits per heavy atom. The molecule has 0 aromatic rings. The Labute approximate surface area is 68.2 Å². The first-order valence-corrected chi connectivity index (χ1v) is 3.69. The molecular weight excluding hydrogens is 140 g/mol. The highest BCUT2D eigenvalue weighted by Gasteiger charge is 2.02. The predicted molar refractivity (Wildman–Crippen MR) is 44.9 cm³/mol. The molecule has 2 nitrogen and oxygen atoms in total. The van der Waals surface area contributed by atoms with E-state index >= 15 is 0 Å². The van der Waals surface area contributed by atoms with Gasteiger partial charge in [0.25, 0.3) is 0 Å². The maximum absolute atomic E-state index is 10.8. The SMILES string of the molecule is [CH2]C(C)CCOC(=O)C(=C)C. The molecule has 0 fully saturated rings. The summed E-state index contributed by atoms with van der Waals surface area (Å²) in [6.07, 6.45) is 0.805. The lowest BCUT2D eigenvalue weighted by Gasteiger charge is -2.05. The summed E-state index contributed by atoms with van der Waals surface area (Å²) in [7, 11) is 0. The lowest BCUT2D eigenvalue weighted by atomic mass is 10.1. The summed E-state index contributed by atoms with van der Waals surface area (Å²) in [4.78, 5) is 10.8. The van der Waals surface area contributed by atoms with E-state index in [9.17, 15) is 4.79 Å². The minimum atomic E-state index is -0.314. The van der Waals surface area contributed by atoms with Crippen molar-refractivity contribution < 1.29 is 9.53 Å². The van der Waals surface area contributed by atoms with Crippen molar-refractivity contribution >= 4 is 5.97 Å². The van der Waals surface area contributed by atoms with Gasteiger partial charge in [0.15, 0.2) is 0 Å². The van der Waals surface area contributed by atoms with Crippen LogP contribution in [0, 0.1) is 12.8 Å². The van der Waals surface area contributed by atoms with Crippen LogP contribution in [0.1, 0.15) is 20.3 Å². The molecule has 0 saturated heterocycles. The standard InChI is InChI=1S/C9H15O2/c1-7(2)5-6-11-9(10)8(3)4/h7H,1,3,5-6H2,2,4H3. The van der Waals surface area contributed by atoms with Gasteiger partial charge in [-0.1, -0.05) is 20.4 Å². The van der Waals surface area contributed by atoms with Gasteiger partial charge in [-0.3, -0.25) is 0 Å². The van der Waals surface area contributed by atoms with Crippen LogP contribution in [-0.4, -0.2) is 12.6 Å². The van der Waals surface area contributed by atoms with Gasteiger partial charge in [-0.05, 0) is 19.3 Å². The molecule has 0 rings (SSSR count). The molecule has 0 N–H and O–H groups in total. The minimum Gasteiger partial charge on any atom is -0.462 e. The Balaban J connectivity index is 3.40. The van der Waals surface area contributed by atoms with E-state index in [0.717, 1.165) is 6.42 Å². The van der Waals surface area contributed by atoms with Crippen molar-refractivity contribution in [1.82, 2.24) is 0 Å². The second kappa shape index (κ2) is 4.94. The molecule has 1 atom stereocenters. The van der Waals surface area contributed by atoms with Crippen molar-refractivity contribution in [2.24, 2.45) is 5.92 Å². The van der Waals surface area contributed by atoms with E-state index in [2.05, 4.69) is 13.5 Å². The predicted octanol–water partition coefficient (Wildman–Crippen LogP) is 1.97. The van der Waals surface area contributed by atoms with E-state index in [-0.39, 0.29) is 5.97 Å². The highest BCUT2D eigenvalue weighted by molar-refractivity contribution is 5.86. The molecule has 0 aromatic heterocycles. The molecule has 11 heavy (non-hydrogen) atoms. The zero-order valence-electron chi connectivity index (χ0n) is 7.22. The van der Waals surface area contributed by atoms with Crippen LogP contribution in [-0.2, 0) is 9.53 Å². The second-order valence-corrected chi connectivity index (χ2v) is 2.81.